The van der Waals surface area contributed by atoms with Crippen LogP contribution in [-0.4, -0.2) is 47.9 Å². The second-order valence-corrected chi connectivity index (χ2v) is 4.66. The van der Waals surface area contributed by atoms with E-state index in [0.717, 1.165) is 10.6 Å². The number of methoxy groups -OCH3 is 1. The minimum atomic E-state index is -1.26. The Morgan fingerprint density at radius 3 is 2.05 bits per heavy atom. The summed E-state index contributed by atoms with van der Waals surface area (Å²) < 4.78 is 5.32. The fourth-order valence-corrected chi connectivity index (χ4v) is 1.52. The van der Waals surface area contributed by atoms with Gasteiger partial charge in [0, 0.05) is 37.9 Å². The van der Waals surface area contributed by atoms with Crippen LogP contribution in [0.2, 0.25) is 5.02 Å². The third kappa shape index (κ3) is 9.89. The molecular weight excluding hydrogens is 312 g/mol. The van der Waals surface area contributed by atoms with Crippen molar-refractivity contribution in [1.29, 1.82) is 0 Å². The van der Waals surface area contributed by atoms with Crippen molar-refractivity contribution in [1.82, 2.24) is 5.01 Å². The first-order chi connectivity index (χ1) is 10.3. The number of nitrogens with zero attached hydrogens (tertiary/aromatic N) is 1. The molecule has 122 valence electrons. The number of hydrogen-bond donors (Lipinski definition) is 3. The van der Waals surface area contributed by atoms with E-state index in [4.69, 9.17) is 32.4 Å². The van der Waals surface area contributed by atoms with Crippen LogP contribution in [0.15, 0.2) is 36.4 Å². The predicted molar refractivity (Wildman–Crippen MR) is 82.4 cm³/mol. The minimum Gasteiger partial charge on any atom is -0.478 e. The summed E-state index contributed by atoms with van der Waals surface area (Å²) >= 11 is 5.79. The maximum Gasteiger partial charge on any atom is 0.328 e. The van der Waals surface area contributed by atoms with Gasteiger partial charge in [0.25, 0.3) is 0 Å². The summed E-state index contributed by atoms with van der Waals surface area (Å²) in [6.07, 6.45) is 1.10. The van der Waals surface area contributed by atoms with Crippen LogP contribution >= 0.6 is 11.6 Å². The topological polar surface area (TPSA) is 113 Å². The first kappa shape index (κ1) is 20.1. The molecule has 4 N–H and O–H groups in total. The molecule has 0 amide bonds. The highest BCUT2D eigenvalue weighted by Crippen LogP contribution is 2.19. The molecule has 0 saturated carbocycles. The molecule has 1 aromatic carbocycles. The second-order valence-electron chi connectivity index (χ2n) is 4.23. The number of hydrazine groups is 1. The average molecular weight is 331 g/mol. The molecule has 0 aliphatic rings. The molecule has 0 aromatic heterocycles. The molecule has 0 bridgehead atoms. The fourth-order valence-electron chi connectivity index (χ4n) is 1.40. The Labute approximate surface area is 133 Å². The van der Waals surface area contributed by atoms with Crippen LogP contribution in [0.1, 0.15) is 11.7 Å². The summed E-state index contributed by atoms with van der Waals surface area (Å²) in [7, 11) is 3.48. The summed E-state index contributed by atoms with van der Waals surface area (Å²) in [5, 5.41) is 18.0. The first-order valence-electron chi connectivity index (χ1n) is 6.14. The monoisotopic (exact) mass is 330 g/mol. The van der Waals surface area contributed by atoms with Crippen molar-refractivity contribution in [3.05, 3.63) is 47.0 Å². The highest BCUT2D eigenvalue weighted by atomic mass is 35.5. The lowest BCUT2D eigenvalue weighted by Gasteiger charge is -2.19. The molecule has 0 aliphatic carbocycles. The predicted octanol–water partition coefficient (Wildman–Crippen LogP) is 1.54. The molecule has 0 heterocycles. The SMILES string of the molecule is COC(CN(C)N)c1ccc(Cl)cc1.O=C(O)/C=C\C(=O)O. The molecule has 0 radical (unpaired) electrons. The maximum atomic E-state index is 9.55. The van der Waals surface area contributed by atoms with Crippen LogP contribution in [0.25, 0.3) is 0 Å². The third-order valence-electron chi connectivity index (χ3n) is 2.35. The number of benzene rings is 1. The normalized spacial score (nSPS) is 11.9. The molecule has 22 heavy (non-hydrogen) atoms. The number of likely N-dealkylation sites (N-methyl/N-ethyl adjacent to an activating group) is 1. The van der Waals surface area contributed by atoms with Gasteiger partial charge in [0.2, 0.25) is 0 Å². The minimum absolute atomic E-state index is 0.0118. The van der Waals surface area contributed by atoms with Crippen molar-refractivity contribution < 1.29 is 24.5 Å². The van der Waals surface area contributed by atoms with Gasteiger partial charge >= 0.3 is 11.9 Å². The van der Waals surface area contributed by atoms with Crippen molar-refractivity contribution >= 4 is 23.5 Å². The standard InChI is InChI=1S/C10H15ClN2O.C4H4O4/c1-13(12)7-10(14-2)8-3-5-9(11)6-4-8;5-3(6)1-2-4(7)8/h3-6,10H,7,12H2,1-2H3;1-2H,(H,5,6)(H,7,8)/b;2-1-. The van der Waals surface area contributed by atoms with Crippen LogP contribution < -0.4 is 5.84 Å². The molecule has 1 unspecified atom stereocenters. The molecule has 7 nitrogen and oxygen atoms in total. The lowest BCUT2D eigenvalue weighted by Crippen LogP contribution is -2.31. The number of carboxylic acid groups (broad SMARTS) is 2. The highest BCUT2D eigenvalue weighted by molar-refractivity contribution is 6.30. The lowest BCUT2D eigenvalue weighted by molar-refractivity contribution is -0.134. The zero-order valence-corrected chi connectivity index (χ0v) is 13.0. The number of ether oxygens (including phenoxy) is 1. The summed E-state index contributed by atoms with van der Waals surface area (Å²) in [6, 6.07) is 7.58. The zero-order valence-electron chi connectivity index (χ0n) is 12.3. The molecule has 0 aliphatic heterocycles. The van der Waals surface area contributed by atoms with Gasteiger partial charge in [-0.25, -0.2) is 14.6 Å². The Kier molecular flexibility index (Phi) is 9.80. The van der Waals surface area contributed by atoms with Gasteiger partial charge in [-0.05, 0) is 17.7 Å². The lowest BCUT2D eigenvalue weighted by atomic mass is 10.1. The Balaban J connectivity index is 0.000000472. The largest absolute Gasteiger partial charge is 0.478 e. The van der Waals surface area contributed by atoms with Crippen molar-refractivity contribution in [3.63, 3.8) is 0 Å². The van der Waals surface area contributed by atoms with Crippen molar-refractivity contribution in [2.24, 2.45) is 5.84 Å². The van der Waals surface area contributed by atoms with E-state index in [2.05, 4.69) is 0 Å². The summed E-state index contributed by atoms with van der Waals surface area (Å²) in [4.78, 5) is 19.1. The number of hydrogen-bond acceptors (Lipinski definition) is 5. The van der Waals surface area contributed by atoms with Crippen LogP contribution in [0.4, 0.5) is 0 Å². The van der Waals surface area contributed by atoms with Gasteiger partial charge in [0.15, 0.2) is 0 Å². The van der Waals surface area contributed by atoms with E-state index >= 15 is 0 Å². The number of aliphatic carboxylic acids is 2. The molecule has 1 atom stereocenters. The molecule has 0 saturated heterocycles. The van der Waals surface area contributed by atoms with Crippen LogP contribution in [-0.2, 0) is 14.3 Å². The van der Waals surface area contributed by atoms with E-state index in [1.807, 2.05) is 31.3 Å². The van der Waals surface area contributed by atoms with E-state index in [9.17, 15) is 9.59 Å². The van der Waals surface area contributed by atoms with Crippen molar-refractivity contribution in [2.75, 3.05) is 20.7 Å². The Hall–Kier alpha value is -1.93. The average Bonchev–Trinajstić information content (AvgIpc) is 2.44. The van der Waals surface area contributed by atoms with E-state index < -0.39 is 11.9 Å². The molecule has 1 rings (SSSR count). The van der Waals surface area contributed by atoms with Gasteiger partial charge in [0.1, 0.15) is 0 Å². The van der Waals surface area contributed by atoms with Crippen LogP contribution in [0, 0.1) is 0 Å². The third-order valence-corrected chi connectivity index (χ3v) is 2.60. The summed E-state index contributed by atoms with van der Waals surface area (Å²) in [5.41, 5.74) is 1.08. The smallest absolute Gasteiger partial charge is 0.328 e. The van der Waals surface area contributed by atoms with Crippen LogP contribution in [0.5, 0.6) is 0 Å². The van der Waals surface area contributed by atoms with Gasteiger partial charge in [0.05, 0.1) is 6.10 Å². The number of carbonyl (C=O) groups is 2. The van der Waals surface area contributed by atoms with E-state index in [1.54, 1.807) is 12.1 Å². The summed E-state index contributed by atoms with van der Waals surface area (Å²) in [5.74, 6) is 3.05. The zero-order chi connectivity index (χ0) is 17.1. The number of nitrogens with two attached hydrogens (primary N) is 1. The molecule has 0 spiro atoms. The van der Waals surface area contributed by atoms with Crippen molar-refractivity contribution in [2.45, 2.75) is 6.10 Å². The van der Waals surface area contributed by atoms with Gasteiger partial charge in [-0.3, -0.25) is 5.84 Å². The van der Waals surface area contributed by atoms with Crippen LogP contribution in [0.3, 0.4) is 0 Å². The van der Waals surface area contributed by atoms with Gasteiger partial charge in [-0.15, -0.1) is 0 Å². The van der Waals surface area contributed by atoms with E-state index in [1.165, 1.54) is 0 Å². The Morgan fingerprint density at radius 2 is 1.73 bits per heavy atom. The van der Waals surface area contributed by atoms with Crippen molar-refractivity contribution in [3.8, 4) is 0 Å². The number of halogens is 1. The van der Waals surface area contributed by atoms with Gasteiger partial charge in [-0.1, -0.05) is 23.7 Å². The molecule has 1 aromatic rings. The quantitative estimate of drug-likeness (QED) is 0.412. The van der Waals surface area contributed by atoms with E-state index in [-0.39, 0.29) is 6.10 Å². The van der Waals surface area contributed by atoms with Gasteiger partial charge < -0.3 is 14.9 Å². The number of carboxylic acids is 2. The summed E-state index contributed by atoms with van der Waals surface area (Å²) in [6.45, 7) is 0.651. The maximum absolute atomic E-state index is 9.55. The molecule has 0 fully saturated rings. The first-order valence-corrected chi connectivity index (χ1v) is 6.52. The van der Waals surface area contributed by atoms with E-state index in [0.29, 0.717) is 18.7 Å². The second kappa shape index (κ2) is 10.7. The molecular formula is C14H19ClN2O5. The highest BCUT2D eigenvalue weighted by Gasteiger charge is 2.11. The number of rotatable bonds is 6. The fraction of sp³-hybridized carbons (Fsp3) is 0.286. The van der Waals surface area contributed by atoms with Gasteiger partial charge in [-0.2, -0.15) is 0 Å². The Morgan fingerprint density at radius 1 is 1.27 bits per heavy atom. The molecule has 8 heteroatoms. The Bertz CT molecular complexity index is 486.